The van der Waals surface area contributed by atoms with E-state index in [0.717, 1.165) is 81.5 Å². The molecule has 0 aromatic heterocycles. The van der Waals surface area contributed by atoms with E-state index >= 15 is 0 Å². The molecule has 0 bridgehead atoms. The first-order valence-electron chi connectivity index (χ1n) is 10.3. The first-order valence-corrected chi connectivity index (χ1v) is 12.2. The van der Waals surface area contributed by atoms with Gasteiger partial charge >= 0.3 is 0 Å². The van der Waals surface area contributed by atoms with E-state index in [-0.39, 0.29) is 6.04 Å². The van der Waals surface area contributed by atoms with Crippen LogP contribution in [0.4, 0.5) is 5.69 Å². The molecule has 1 aliphatic carbocycles. The normalized spacial score (nSPS) is 25.8. The molecule has 156 valence electrons. The molecule has 1 aromatic carbocycles. The van der Waals surface area contributed by atoms with Crippen molar-refractivity contribution < 1.29 is 17.9 Å². The minimum absolute atomic E-state index is 0.133. The fourth-order valence-corrected chi connectivity index (χ4v) is 5.45. The van der Waals surface area contributed by atoms with Gasteiger partial charge in [0.25, 0.3) is 0 Å². The summed E-state index contributed by atoms with van der Waals surface area (Å²) in [5, 5.41) is 0. The molecule has 0 unspecified atom stereocenters. The van der Waals surface area contributed by atoms with Gasteiger partial charge in [0.2, 0.25) is 16.8 Å². The van der Waals surface area contributed by atoms with Gasteiger partial charge in [-0.2, -0.15) is 0 Å². The highest BCUT2D eigenvalue weighted by Crippen LogP contribution is 2.41. The summed E-state index contributed by atoms with van der Waals surface area (Å²) >= 11 is 0. The maximum atomic E-state index is 11.4. The van der Waals surface area contributed by atoms with Gasteiger partial charge in [0, 0.05) is 32.2 Å². The number of hydrogen-bond acceptors (Lipinski definition) is 6. The number of nitrogens with zero attached hydrogens (tertiary/aromatic N) is 2. The van der Waals surface area contributed by atoms with Crippen molar-refractivity contribution in [1.82, 2.24) is 9.62 Å². The van der Waals surface area contributed by atoms with Gasteiger partial charge in [0.1, 0.15) is 0 Å². The number of para-hydroxylation sites is 1. The van der Waals surface area contributed by atoms with Crippen LogP contribution in [0.15, 0.2) is 18.2 Å². The Bertz CT molecular complexity index is 770. The smallest absolute Gasteiger partial charge is 0.231 e. The Kier molecular flexibility index (Phi) is 5.99. The summed E-state index contributed by atoms with van der Waals surface area (Å²) in [5.41, 5.74) is 1.14. The lowest BCUT2D eigenvalue weighted by Crippen LogP contribution is -2.47. The van der Waals surface area contributed by atoms with Gasteiger partial charge in [0.15, 0.2) is 11.5 Å². The molecule has 4 rings (SSSR count). The molecule has 0 atom stereocenters. The van der Waals surface area contributed by atoms with Gasteiger partial charge in [-0.1, -0.05) is 6.07 Å². The minimum Gasteiger partial charge on any atom is -0.454 e. The molecular formula is C20H31N3O4S. The maximum Gasteiger partial charge on any atom is 0.231 e. The molecule has 1 aromatic rings. The predicted molar refractivity (Wildman–Crippen MR) is 110 cm³/mol. The molecular weight excluding hydrogens is 378 g/mol. The van der Waals surface area contributed by atoms with Crippen molar-refractivity contribution in [2.45, 2.75) is 38.1 Å². The summed E-state index contributed by atoms with van der Waals surface area (Å²) in [4.78, 5) is 4.95. The van der Waals surface area contributed by atoms with Crippen LogP contribution in [0.3, 0.4) is 0 Å². The summed E-state index contributed by atoms with van der Waals surface area (Å²) < 4.78 is 36.6. The summed E-state index contributed by atoms with van der Waals surface area (Å²) in [7, 11) is -3.08. The number of anilines is 1. The van der Waals surface area contributed by atoms with Crippen LogP contribution in [-0.4, -0.2) is 65.1 Å². The van der Waals surface area contributed by atoms with Crippen molar-refractivity contribution >= 4 is 15.7 Å². The SMILES string of the molecule is CS(=O)(=O)NC1CCC(CCN2CCN(c3cccc4c3OCO4)CC2)CC1. The van der Waals surface area contributed by atoms with E-state index in [4.69, 9.17) is 9.47 Å². The molecule has 3 aliphatic rings. The van der Waals surface area contributed by atoms with Crippen LogP contribution in [0, 0.1) is 5.92 Å². The third-order valence-corrected chi connectivity index (χ3v) is 6.93. The molecule has 1 saturated heterocycles. The average molecular weight is 410 g/mol. The zero-order valence-corrected chi connectivity index (χ0v) is 17.4. The summed E-state index contributed by atoms with van der Waals surface area (Å²) in [6, 6.07) is 6.24. The van der Waals surface area contributed by atoms with E-state index in [1.807, 2.05) is 12.1 Å². The van der Waals surface area contributed by atoms with E-state index in [9.17, 15) is 8.42 Å². The van der Waals surface area contributed by atoms with Crippen LogP contribution in [0.25, 0.3) is 0 Å². The quantitative estimate of drug-likeness (QED) is 0.775. The number of piperazine rings is 1. The lowest BCUT2D eigenvalue weighted by molar-refractivity contribution is 0.173. The van der Waals surface area contributed by atoms with E-state index in [2.05, 4.69) is 20.6 Å². The monoisotopic (exact) mass is 409 g/mol. The highest BCUT2D eigenvalue weighted by atomic mass is 32.2. The van der Waals surface area contributed by atoms with E-state index in [1.54, 1.807) is 0 Å². The van der Waals surface area contributed by atoms with Crippen molar-refractivity contribution in [2.75, 3.05) is 50.7 Å². The third-order valence-electron chi connectivity index (χ3n) is 6.17. The number of hydrogen-bond donors (Lipinski definition) is 1. The maximum absolute atomic E-state index is 11.4. The van der Waals surface area contributed by atoms with Gasteiger partial charge in [-0.3, -0.25) is 4.90 Å². The van der Waals surface area contributed by atoms with Crippen LogP contribution < -0.4 is 19.1 Å². The predicted octanol–water partition coefficient (Wildman–Crippen LogP) is 2.04. The Labute approximate surface area is 168 Å². The number of ether oxygens (including phenoxy) is 2. The van der Waals surface area contributed by atoms with Crippen molar-refractivity contribution in [3.8, 4) is 11.5 Å². The molecule has 2 heterocycles. The number of rotatable bonds is 6. The summed E-state index contributed by atoms with van der Waals surface area (Å²) in [6.07, 6.45) is 6.64. The minimum atomic E-state index is -3.08. The largest absolute Gasteiger partial charge is 0.454 e. The second-order valence-electron chi connectivity index (χ2n) is 8.24. The lowest BCUT2D eigenvalue weighted by atomic mass is 9.84. The van der Waals surface area contributed by atoms with Crippen LogP contribution >= 0.6 is 0 Å². The van der Waals surface area contributed by atoms with Gasteiger partial charge < -0.3 is 14.4 Å². The fraction of sp³-hybridized carbons (Fsp3) is 0.700. The van der Waals surface area contributed by atoms with Crippen molar-refractivity contribution in [3.05, 3.63) is 18.2 Å². The first-order chi connectivity index (χ1) is 13.5. The fourth-order valence-electron chi connectivity index (χ4n) is 4.61. The van der Waals surface area contributed by atoms with Crippen molar-refractivity contribution in [2.24, 2.45) is 5.92 Å². The molecule has 8 heteroatoms. The molecule has 0 radical (unpaired) electrons. The summed E-state index contributed by atoms with van der Waals surface area (Å²) in [6.45, 7) is 5.59. The van der Waals surface area contributed by atoms with Gasteiger partial charge in [-0.05, 0) is 56.7 Å². The van der Waals surface area contributed by atoms with E-state index < -0.39 is 10.0 Å². The van der Waals surface area contributed by atoms with Crippen molar-refractivity contribution in [3.63, 3.8) is 0 Å². The molecule has 2 fully saturated rings. The van der Waals surface area contributed by atoms with Gasteiger partial charge in [-0.15, -0.1) is 0 Å². The van der Waals surface area contributed by atoms with Crippen LogP contribution in [-0.2, 0) is 10.0 Å². The second-order valence-corrected chi connectivity index (χ2v) is 10.0. The third kappa shape index (κ3) is 4.90. The topological polar surface area (TPSA) is 71.1 Å². The van der Waals surface area contributed by atoms with E-state index in [0.29, 0.717) is 6.79 Å². The van der Waals surface area contributed by atoms with Crippen LogP contribution in [0.2, 0.25) is 0 Å². The number of fused-ring (bicyclic) bond motifs is 1. The second kappa shape index (κ2) is 8.47. The van der Waals surface area contributed by atoms with Gasteiger partial charge in [-0.25, -0.2) is 13.1 Å². The Morgan fingerprint density at radius 3 is 2.54 bits per heavy atom. The zero-order chi connectivity index (χ0) is 19.6. The number of sulfonamides is 1. The Morgan fingerprint density at radius 2 is 1.82 bits per heavy atom. The molecule has 2 aliphatic heterocycles. The Morgan fingerprint density at radius 1 is 1.07 bits per heavy atom. The highest BCUT2D eigenvalue weighted by molar-refractivity contribution is 7.88. The lowest BCUT2D eigenvalue weighted by Gasteiger charge is -2.37. The standard InChI is InChI=1S/C20H31N3O4S/c1-28(24,25)21-17-7-5-16(6-8-17)9-10-22-11-13-23(14-12-22)18-3-2-4-19-20(18)27-15-26-19/h2-4,16-17,21H,5-15H2,1H3. The molecule has 0 amide bonds. The number of nitrogens with one attached hydrogen (secondary N) is 1. The summed E-state index contributed by atoms with van der Waals surface area (Å²) in [5.74, 6) is 2.45. The average Bonchev–Trinajstić information content (AvgIpc) is 3.16. The zero-order valence-electron chi connectivity index (χ0n) is 16.6. The molecule has 1 N–H and O–H groups in total. The molecule has 28 heavy (non-hydrogen) atoms. The molecule has 7 nitrogen and oxygen atoms in total. The van der Waals surface area contributed by atoms with Crippen LogP contribution in [0.1, 0.15) is 32.1 Å². The van der Waals surface area contributed by atoms with Gasteiger partial charge in [0.05, 0.1) is 11.9 Å². The highest BCUT2D eigenvalue weighted by Gasteiger charge is 2.26. The Hall–Kier alpha value is -1.51. The molecule has 1 saturated carbocycles. The first kappa shape index (κ1) is 19.8. The number of benzene rings is 1. The molecule has 0 spiro atoms. The van der Waals surface area contributed by atoms with Crippen molar-refractivity contribution in [1.29, 1.82) is 0 Å². The van der Waals surface area contributed by atoms with Crippen LogP contribution in [0.5, 0.6) is 11.5 Å². The van der Waals surface area contributed by atoms with E-state index in [1.165, 1.54) is 12.7 Å². The Balaban J connectivity index is 1.19.